The van der Waals surface area contributed by atoms with Gasteiger partial charge in [0.25, 0.3) is 0 Å². The van der Waals surface area contributed by atoms with Gasteiger partial charge in [0, 0.05) is 17.1 Å². The molecule has 1 aliphatic rings. The van der Waals surface area contributed by atoms with Gasteiger partial charge in [-0.15, -0.1) is 12.4 Å². The summed E-state index contributed by atoms with van der Waals surface area (Å²) in [5.74, 6) is 0.483. The average molecular weight is 370 g/mol. The van der Waals surface area contributed by atoms with E-state index in [4.69, 9.17) is 5.73 Å². The van der Waals surface area contributed by atoms with Crippen molar-refractivity contribution in [1.82, 2.24) is 4.72 Å². The van der Waals surface area contributed by atoms with Gasteiger partial charge >= 0.3 is 0 Å². The first kappa shape index (κ1) is 16.9. The van der Waals surface area contributed by atoms with Gasteiger partial charge in [-0.05, 0) is 43.4 Å². The Morgan fingerprint density at radius 3 is 2.68 bits per heavy atom. The molecule has 3 N–H and O–H groups in total. The third-order valence-corrected chi connectivity index (χ3v) is 5.24. The zero-order valence-electron chi connectivity index (χ0n) is 10.6. The van der Waals surface area contributed by atoms with Crippen LogP contribution in [0.2, 0.25) is 0 Å². The van der Waals surface area contributed by atoms with Crippen molar-refractivity contribution in [3.63, 3.8) is 0 Å². The maximum absolute atomic E-state index is 12.2. The second-order valence-corrected chi connectivity index (χ2v) is 7.41. The van der Waals surface area contributed by atoms with Crippen molar-refractivity contribution < 1.29 is 8.42 Å². The monoisotopic (exact) mass is 368 g/mol. The number of nitrogens with two attached hydrogens (primary N) is 1. The molecule has 0 spiro atoms. The van der Waals surface area contributed by atoms with Crippen molar-refractivity contribution in [2.24, 2.45) is 11.7 Å². The van der Waals surface area contributed by atoms with E-state index in [9.17, 15) is 8.42 Å². The Labute approximate surface area is 128 Å². The molecule has 0 amide bonds. The fourth-order valence-corrected chi connectivity index (χ4v) is 3.69. The van der Waals surface area contributed by atoms with Gasteiger partial charge in [-0.1, -0.05) is 22.0 Å². The minimum absolute atomic E-state index is 0. The van der Waals surface area contributed by atoms with E-state index in [2.05, 4.69) is 20.7 Å². The molecule has 0 saturated heterocycles. The number of hydrogen-bond donors (Lipinski definition) is 2. The number of halogens is 2. The third-order valence-electron chi connectivity index (χ3n) is 3.18. The molecule has 1 aromatic rings. The van der Waals surface area contributed by atoms with Crippen LogP contribution in [0.3, 0.4) is 0 Å². The molecule has 1 aliphatic carbocycles. The fourth-order valence-electron chi connectivity index (χ4n) is 1.84. The summed E-state index contributed by atoms with van der Waals surface area (Å²) in [7, 11) is -3.47. The van der Waals surface area contributed by atoms with Crippen molar-refractivity contribution in [1.29, 1.82) is 0 Å². The number of aryl methyl sites for hydroxylation is 1. The zero-order valence-corrected chi connectivity index (χ0v) is 13.8. The molecule has 19 heavy (non-hydrogen) atoms. The molecule has 1 saturated carbocycles. The van der Waals surface area contributed by atoms with Crippen LogP contribution in [-0.4, -0.2) is 21.0 Å². The summed E-state index contributed by atoms with van der Waals surface area (Å²) in [6, 6.07) is 5.14. The summed E-state index contributed by atoms with van der Waals surface area (Å²) in [5.41, 5.74) is 6.62. The predicted octanol–water partition coefficient (Wildman–Crippen LogP) is 2.19. The fraction of sp³-hybridized carbons (Fsp3) is 0.500. The summed E-state index contributed by atoms with van der Waals surface area (Å²) in [4.78, 5) is 0.305. The summed E-state index contributed by atoms with van der Waals surface area (Å²) in [5, 5.41) is 0. The molecule has 7 heteroatoms. The Hall–Kier alpha value is -0.140. The molecule has 108 valence electrons. The Morgan fingerprint density at radius 2 is 2.11 bits per heavy atom. The van der Waals surface area contributed by atoms with E-state index in [0.717, 1.165) is 22.9 Å². The Balaban J connectivity index is 0.00000180. The Kier molecular flexibility index (Phi) is 5.82. The van der Waals surface area contributed by atoms with Crippen LogP contribution < -0.4 is 10.5 Å². The number of nitrogens with one attached hydrogen (secondary N) is 1. The van der Waals surface area contributed by atoms with E-state index >= 15 is 0 Å². The topological polar surface area (TPSA) is 72.2 Å². The lowest BCUT2D eigenvalue weighted by molar-refractivity contribution is 0.547. The first-order valence-corrected chi connectivity index (χ1v) is 8.19. The first-order chi connectivity index (χ1) is 8.40. The van der Waals surface area contributed by atoms with Crippen LogP contribution >= 0.6 is 28.3 Å². The molecule has 0 radical (unpaired) electrons. The average Bonchev–Trinajstić information content (AvgIpc) is 3.13. The van der Waals surface area contributed by atoms with Crippen LogP contribution in [-0.2, 0) is 10.0 Å². The summed E-state index contributed by atoms with van der Waals surface area (Å²) in [6.07, 6.45) is 2.22. The quantitative estimate of drug-likeness (QED) is 0.835. The minimum Gasteiger partial charge on any atom is -0.326 e. The maximum atomic E-state index is 12.2. The molecule has 0 aromatic heterocycles. The minimum atomic E-state index is -3.47. The molecular weight excluding hydrogens is 352 g/mol. The highest BCUT2D eigenvalue weighted by atomic mass is 79.9. The van der Waals surface area contributed by atoms with Gasteiger partial charge in [0.15, 0.2) is 0 Å². The highest BCUT2D eigenvalue weighted by molar-refractivity contribution is 9.10. The van der Waals surface area contributed by atoms with Crippen LogP contribution in [0.25, 0.3) is 0 Å². The zero-order chi connectivity index (χ0) is 13.3. The highest BCUT2D eigenvalue weighted by Gasteiger charge is 2.29. The van der Waals surface area contributed by atoms with Gasteiger partial charge in [0.05, 0.1) is 4.90 Å². The van der Waals surface area contributed by atoms with Crippen LogP contribution in [0, 0.1) is 12.8 Å². The maximum Gasteiger partial charge on any atom is 0.240 e. The highest BCUT2D eigenvalue weighted by Crippen LogP contribution is 2.31. The van der Waals surface area contributed by atoms with Gasteiger partial charge in [0.2, 0.25) is 10.0 Å². The molecule has 4 nitrogen and oxygen atoms in total. The number of benzene rings is 1. The Morgan fingerprint density at radius 1 is 1.47 bits per heavy atom. The van der Waals surface area contributed by atoms with Crippen molar-refractivity contribution >= 4 is 38.4 Å². The summed E-state index contributed by atoms with van der Waals surface area (Å²) < 4.78 is 27.7. The van der Waals surface area contributed by atoms with Crippen LogP contribution in [0.4, 0.5) is 0 Å². The van der Waals surface area contributed by atoms with Crippen molar-refractivity contribution in [3.8, 4) is 0 Å². The molecular formula is C12H18BrClN2O2S. The number of sulfonamides is 1. The van der Waals surface area contributed by atoms with Gasteiger partial charge in [0.1, 0.15) is 0 Å². The Bertz CT molecular complexity index is 547. The molecule has 2 rings (SSSR count). The molecule has 1 atom stereocenters. The van der Waals surface area contributed by atoms with Crippen LogP contribution in [0.1, 0.15) is 18.4 Å². The van der Waals surface area contributed by atoms with Crippen molar-refractivity contribution in [2.75, 3.05) is 6.54 Å². The van der Waals surface area contributed by atoms with Crippen molar-refractivity contribution in [3.05, 3.63) is 28.2 Å². The lowest BCUT2D eigenvalue weighted by Gasteiger charge is -2.13. The van der Waals surface area contributed by atoms with E-state index in [-0.39, 0.29) is 18.4 Å². The van der Waals surface area contributed by atoms with Gasteiger partial charge in [-0.25, -0.2) is 13.1 Å². The van der Waals surface area contributed by atoms with Gasteiger partial charge in [-0.2, -0.15) is 0 Å². The van der Waals surface area contributed by atoms with E-state index < -0.39 is 10.0 Å². The molecule has 0 heterocycles. The molecule has 1 aromatic carbocycles. The second kappa shape index (κ2) is 6.54. The standard InChI is InChI=1S/C12H17BrN2O2S.ClH/c1-8-2-5-10(13)6-12(8)18(16,17)15-7-11(14)9-3-4-9;/h2,5-6,9,11,15H,3-4,7,14H2,1H3;1H. The lowest BCUT2D eigenvalue weighted by Crippen LogP contribution is -2.38. The SMILES string of the molecule is Cc1ccc(Br)cc1S(=O)(=O)NCC(N)C1CC1.Cl. The van der Waals surface area contributed by atoms with Crippen molar-refractivity contribution in [2.45, 2.75) is 30.7 Å². The summed E-state index contributed by atoms with van der Waals surface area (Å²) in [6.45, 7) is 2.08. The van der Waals surface area contributed by atoms with E-state index in [1.165, 1.54) is 0 Å². The second-order valence-electron chi connectivity index (χ2n) is 4.76. The lowest BCUT2D eigenvalue weighted by atomic mass is 10.2. The predicted molar refractivity (Wildman–Crippen MR) is 82.0 cm³/mol. The molecule has 0 bridgehead atoms. The first-order valence-electron chi connectivity index (χ1n) is 5.91. The largest absolute Gasteiger partial charge is 0.326 e. The van der Waals surface area contributed by atoms with Crippen LogP contribution in [0.15, 0.2) is 27.6 Å². The van der Waals surface area contributed by atoms with E-state index in [1.54, 1.807) is 19.1 Å². The molecule has 1 unspecified atom stereocenters. The van der Waals surface area contributed by atoms with Crippen LogP contribution in [0.5, 0.6) is 0 Å². The summed E-state index contributed by atoms with van der Waals surface area (Å²) >= 11 is 3.29. The number of rotatable bonds is 5. The smallest absolute Gasteiger partial charge is 0.240 e. The number of hydrogen-bond acceptors (Lipinski definition) is 3. The normalized spacial score (nSPS) is 16.8. The van der Waals surface area contributed by atoms with E-state index in [0.29, 0.717) is 17.4 Å². The van der Waals surface area contributed by atoms with E-state index in [1.807, 2.05) is 6.07 Å². The third kappa shape index (κ3) is 4.43. The van der Waals surface area contributed by atoms with Gasteiger partial charge < -0.3 is 5.73 Å². The molecule has 0 aliphatic heterocycles. The van der Waals surface area contributed by atoms with Gasteiger partial charge in [-0.3, -0.25) is 0 Å². The molecule has 1 fully saturated rings.